The number of nitrogens with zero attached hydrogens (tertiary/aromatic N) is 2. The van der Waals surface area contributed by atoms with Crippen LogP contribution >= 0.6 is 0 Å². The van der Waals surface area contributed by atoms with Gasteiger partial charge in [0.25, 0.3) is 0 Å². The van der Waals surface area contributed by atoms with E-state index < -0.39 is 4.92 Å². The van der Waals surface area contributed by atoms with Crippen molar-refractivity contribution >= 4 is 5.69 Å². The molecule has 0 radical (unpaired) electrons. The van der Waals surface area contributed by atoms with Crippen molar-refractivity contribution in [2.75, 3.05) is 7.11 Å². The lowest BCUT2D eigenvalue weighted by atomic mass is 10.1. The number of hydrogen-bond acceptors (Lipinski definition) is 6. The number of benzene rings is 1. The Hall–Kier alpha value is -2.41. The number of methoxy groups -OCH3 is 1. The predicted molar refractivity (Wildman–Crippen MR) is 76.1 cm³/mol. The van der Waals surface area contributed by atoms with Crippen LogP contribution in [0, 0.1) is 17.0 Å². The minimum atomic E-state index is -0.455. The second kappa shape index (κ2) is 6.36. The second-order valence-electron chi connectivity index (χ2n) is 4.68. The molecule has 1 aromatic heterocycles. The number of nitro groups is 1. The fourth-order valence-electron chi connectivity index (χ4n) is 1.92. The van der Waals surface area contributed by atoms with Crippen LogP contribution in [-0.4, -0.2) is 17.0 Å². The van der Waals surface area contributed by atoms with Crippen molar-refractivity contribution in [3.8, 4) is 5.75 Å². The largest absolute Gasteiger partial charge is 0.490 e. The van der Waals surface area contributed by atoms with Crippen molar-refractivity contribution in [1.82, 2.24) is 10.3 Å². The van der Waals surface area contributed by atoms with E-state index in [9.17, 15) is 10.1 Å². The van der Waals surface area contributed by atoms with Crippen molar-refractivity contribution in [2.45, 2.75) is 26.4 Å². The third-order valence-electron chi connectivity index (χ3n) is 3.06. The number of rotatable bonds is 6. The molecule has 7 nitrogen and oxygen atoms in total. The molecular weight excluding hydrogens is 274 g/mol. The molecule has 1 aromatic carbocycles. The minimum Gasteiger partial charge on any atom is -0.490 e. The molecule has 0 bridgehead atoms. The first-order valence-electron chi connectivity index (χ1n) is 6.48. The summed E-state index contributed by atoms with van der Waals surface area (Å²) in [6.45, 7) is 4.21. The zero-order valence-electron chi connectivity index (χ0n) is 12.1. The first-order valence-corrected chi connectivity index (χ1v) is 6.48. The maximum Gasteiger partial charge on any atom is 0.311 e. The van der Waals surface area contributed by atoms with Crippen molar-refractivity contribution in [3.63, 3.8) is 0 Å². The third kappa shape index (κ3) is 3.57. The molecule has 0 saturated carbocycles. The first kappa shape index (κ1) is 15.0. The molecule has 1 heterocycles. The molecule has 112 valence electrons. The summed E-state index contributed by atoms with van der Waals surface area (Å²) in [5, 5.41) is 14.2. The van der Waals surface area contributed by atoms with Gasteiger partial charge in [0.15, 0.2) is 5.75 Å². The summed E-state index contributed by atoms with van der Waals surface area (Å²) in [6.07, 6.45) is 1.66. The van der Waals surface area contributed by atoms with Gasteiger partial charge in [-0.3, -0.25) is 10.1 Å². The number of ether oxygens (including phenoxy) is 1. The average molecular weight is 291 g/mol. The van der Waals surface area contributed by atoms with Gasteiger partial charge in [0.05, 0.1) is 24.3 Å². The Balaban J connectivity index is 2.06. The maximum atomic E-state index is 11.0. The van der Waals surface area contributed by atoms with Crippen LogP contribution in [0.15, 0.2) is 28.8 Å². The number of nitrogens with one attached hydrogen (secondary N) is 1. The Morgan fingerprint density at radius 1 is 1.52 bits per heavy atom. The summed E-state index contributed by atoms with van der Waals surface area (Å²) in [4.78, 5) is 14.7. The van der Waals surface area contributed by atoms with Crippen molar-refractivity contribution < 1.29 is 14.1 Å². The van der Waals surface area contributed by atoms with E-state index in [1.165, 1.54) is 13.2 Å². The Morgan fingerprint density at radius 3 is 2.86 bits per heavy atom. The van der Waals surface area contributed by atoms with E-state index in [0.29, 0.717) is 12.4 Å². The van der Waals surface area contributed by atoms with Gasteiger partial charge in [-0.25, -0.2) is 4.98 Å². The molecule has 1 unspecified atom stereocenters. The molecule has 2 aromatic rings. The van der Waals surface area contributed by atoms with Gasteiger partial charge in [0.1, 0.15) is 5.76 Å². The van der Waals surface area contributed by atoms with Gasteiger partial charge in [-0.05, 0) is 25.5 Å². The molecule has 0 amide bonds. The van der Waals surface area contributed by atoms with E-state index in [1.54, 1.807) is 18.3 Å². The van der Waals surface area contributed by atoms with Crippen LogP contribution in [-0.2, 0) is 6.54 Å². The minimum absolute atomic E-state index is 0.0450. The molecular formula is C14H17N3O4. The summed E-state index contributed by atoms with van der Waals surface area (Å²) in [6, 6.07) is 4.79. The van der Waals surface area contributed by atoms with E-state index >= 15 is 0 Å². The van der Waals surface area contributed by atoms with Crippen LogP contribution in [0.25, 0.3) is 0 Å². The third-order valence-corrected chi connectivity index (χ3v) is 3.06. The molecule has 7 heteroatoms. The summed E-state index contributed by atoms with van der Waals surface area (Å²) < 4.78 is 10.4. The monoisotopic (exact) mass is 291 g/mol. The standard InChI is InChI=1S/C14H17N3O4/c1-9-7-16-14(21-9)10(2)15-8-11-4-5-13(20-3)12(6-11)17(18)19/h4-7,10,15H,8H2,1-3H3. The molecule has 0 aliphatic carbocycles. The Morgan fingerprint density at radius 2 is 2.29 bits per heavy atom. The SMILES string of the molecule is COc1ccc(CNC(C)c2ncc(C)o2)cc1[N+](=O)[O-]. The van der Waals surface area contributed by atoms with Gasteiger partial charge in [-0.1, -0.05) is 6.07 Å². The molecule has 1 N–H and O–H groups in total. The topological polar surface area (TPSA) is 90.4 Å². The highest BCUT2D eigenvalue weighted by Crippen LogP contribution is 2.27. The Kier molecular flexibility index (Phi) is 4.54. The highest BCUT2D eigenvalue weighted by atomic mass is 16.6. The van der Waals surface area contributed by atoms with Gasteiger partial charge < -0.3 is 14.5 Å². The Labute approximate surface area is 122 Å². The van der Waals surface area contributed by atoms with Gasteiger partial charge in [-0.2, -0.15) is 0 Å². The number of aryl methyl sites for hydroxylation is 1. The van der Waals surface area contributed by atoms with Crippen LogP contribution in [0.2, 0.25) is 0 Å². The van der Waals surface area contributed by atoms with Crippen LogP contribution in [0.5, 0.6) is 5.75 Å². The molecule has 0 aliphatic heterocycles. The predicted octanol–water partition coefficient (Wildman–Crippen LogP) is 2.75. The first-order chi connectivity index (χ1) is 10.0. The van der Waals surface area contributed by atoms with Crippen LogP contribution < -0.4 is 10.1 Å². The highest BCUT2D eigenvalue weighted by molar-refractivity contribution is 5.48. The smallest absolute Gasteiger partial charge is 0.311 e. The fraction of sp³-hybridized carbons (Fsp3) is 0.357. The summed E-state index contributed by atoms with van der Waals surface area (Å²) in [5.74, 6) is 1.59. The zero-order chi connectivity index (χ0) is 15.4. The summed E-state index contributed by atoms with van der Waals surface area (Å²) in [7, 11) is 1.41. The zero-order valence-corrected chi connectivity index (χ0v) is 12.1. The van der Waals surface area contributed by atoms with Gasteiger partial charge in [0.2, 0.25) is 5.89 Å². The molecule has 1 atom stereocenters. The van der Waals surface area contributed by atoms with Crippen LogP contribution in [0.4, 0.5) is 5.69 Å². The van der Waals surface area contributed by atoms with E-state index in [1.807, 2.05) is 13.8 Å². The highest BCUT2D eigenvalue weighted by Gasteiger charge is 2.16. The Bertz CT molecular complexity index is 639. The van der Waals surface area contributed by atoms with Gasteiger partial charge in [-0.15, -0.1) is 0 Å². The van der Waals surface area contributed by atoms with E-state index in [2.05, 4.69) is 10.3 Å². The van der Waals surface area contributed by atoms with Crippen LogP contribution in [0.3, 0.4) is 0 Å². The van der Waals surface area contributed by atoms with Crippen LogP contribution in [0.1, 0.15) is 30.2 Å². The van der Waals surface area contributed by atoms with Crippen molar-refractivity contribution in [2.24, 2.45) is 0 Å². The average Bonchev–Trinajstić information content (AvgIpc) is 2.91. The lowest BCUT2D eigenvalue weighted by Crippen LogP contribution is -2.18. The van der Waals surface area contributed by atoms with E-state index in [0.717, 1.165) is 11.3 Å². The summed E-state index contributed by atoms with van der Waals surface area (Å²) >= 11 is 0. The molecule has 0 fully saturated rings. The normalized spacial score (nSPS) is 12.1. The molecule has 0 saturated heterocycles. The maximum absolute atomic E-state index is 11.0. The second-order valence-corrected chi connectivity index (χ2v) is 4.68. The molecule has 21 heavy (non-hydrogen) atoms. The number of oxazole rings is 1. The van der Waals surface area contributed by atoms with Crippen molar-refractivity contribution in [3.05, 3.63) is 51.7 Å². The lowest BCUT2D eigenvalue weighted by Gasteiger charge is -2.11. The van der Waals surface area contributed by atoms with E-state index in [-0.39, 0.29) is 17.5 Å². The number of aromatic nitrogens is 1. The van der Waals surface area contributed by atoms with Crippen molar-refractivity contribution in [1.29, 1.82) is 0 Å². The molecule has 0 aliphatic rings. The van der Waals surface area contributed by atoms with Gasteiger partial charge in [0, 0.05) is 12.6 Å². The lowest BCUT2D eigenvalue weighted by molar-refractivity contribution is -0.385. The number of nitro benzene ring substituents is 1. The van der Waals surface area contributed by atoms with E-state index in [4.69, 9.17) is 9.15 Å². The summed E-state index contributed by atoms with van der Waals surface area (Å²) in [5.41, 5.74) is 0.744. The molecule has 2 rings (SSSR count). The number of hydrogen-bond donors (Lipinski definition) is 1. The fourth-order valence-corrected chi connectivity index (χ4v) is 1.92. The molecule has 0 spiro atoms. The quantitative estimate of drug-likeness (QED) is 0.650. The van der Waals surface area contributed by atoms with Gasteiger partial charge >= 0.3 is 5.69 Å².